The van der Waals surface area contributed by atoms with Gasteiger partial charge in [-0.05, 0) is 25.3 Å². The minimum Gasteiger partial charge on any atom is -0.480 e. The maximum absolute atomic E-state index is 13.1. The first-order valence-electron chi connectivity index (χ1n) is 10.6. The molecule has 188 valence electrons. The van der Waals surface area contributed by atoms with Crippen molar-refractivity contribution >= 4 is 29.7 Å². The molecule has 0 heterocycles. The number of nitrogens with one attached hydrogen (secondary N) is 3. The van der Waals surface area contributed by atoms with Gasteiger partial charge < -0.3 is 43.4 Å². The standard InChI is InChI=1S/C21H33N7O6/c1-12(20(33)34)26-18(31)15(8-5-9-25-21(23)24)27-19(32)16(28-17(30)14(22)11-29)10-13-6-3-2-4-7-13/h2-4,6-7,12,14-16,29H,5,8-11,22H2,1H3,(H,26,31)(H,27,32)(H,28,30)(H,33,34)(H4,23,24,25). The highest BCUT2D eigenvalue weighted by Gasteiger charge is 2.29. The second kappa shape index (κ2) is 14.4. The van der Waals surface area contributed by atoms with E-state index in [1.165, 1.54) is 6.92 Å². The molecule has 0 aliphatic carbocycles. The summed E-state index contributed by atoms with van der Waals surface area (Å²) in [4.78, 5) is 52.9. The van der Waals surface area contributed by atoms with Crippen molar-refractivity contribution < 1.29 is 29.4 Å². The number of hydrogen-bond acceptors (Lipinski definition) is 7. The van der Waals surface area contributed by atoms with Crippen LogP contribution in [-0.2, 0) is 25.6 Å². The average molecular weight is 480 g/mol. The van der Waals surface area contributed by atoms with Crippen LogP contribution >= 0.6 is 0 Å². The fraction of sp³-hybridized carbons (Fsp3) is 0.476. The van der Waals surface area contributed by atoms with Crippen molar-refractivity contribution in [1.82, 2.24) is 16.0 Å². The molecule has 0 fully saturated rings. The van der Waals surface area contributed by atoms with Crippen LogP contribution in [0.3, 0.4) is 0 Å². The second-order valence-corrected chi connectivity index (χ2v) is 7.62. The van der Waals surface area contributed by atoms with E-state index in [4.69, 9.17) is 27.4 Å². The fourth-order valence-corrected chi connectivity index (χ4v) is 2.84. The Balaban J connectivity index is 3.04. The Morgan fingerprint density at radius 1 is 0.971 bits per heavy atom. The van der Waals surface area contributed by atoms with Crippen LogP contribution in [-0.4, -0.2) is 77.2 Å². The summed E-state index contributed by atoms with van der Waals surface area (Å²) in [7, 11) is 0. The van der Waals surface area contributed by atoms with Gasteiger partial charge in [0.1, 0.15) is 24.2 Å². The lowest BCUT2D eigenvalue weighted by Gasteiger charge is -2.24. The summed E-state index contributed by atoms with van der Waals surface area (Å²) in [6, 6.07) is 4.17. The number of nitrogens with two attached hydrogens (primary N) is 3. The number of aliphatic hydroxyl groups excluding tert-OH is 1. The quantitative estimate of drug-likeness (QED) is 0.0778. The topological polar surface area (TPSA) is 235 Å². The molecule has 0 spiro atoms. The largest absolute Gasteiger partial charge is 0.480 e. The van der Waals surface area contributed by atoms with Crippen LogP contribution < -0.4 is 33.2 Å². The third-order valence-electron chi connectivity index (χ3n) is 4.76. The molecular formula is C21H33N7O6. The molecule has 4 unspecified atom stereocenters. The van der Waals surface area contributed by atoms with E-state index in [-0.39, 0.29) is 25.3 Å². The zero-order valence-electron chi connectivity index (χ0n) is 18.9. The highest BCUT2D eigenvalue weighted by atomic mass is 16.4. The molecule has 1 rings (SSSR count). The predicted octanol–water partition coefficient (Wildman–Crippen LogP) is -2.84. The van der Waals surface area contributed by atoms with Gasteiger partial charge in [0, 0.05) is 13.0 Å². The Morgan fingerprint density at radius 2 is 1.56 bits per heavy atom. The molecule has 0 radical (unpaired) electrons. The van der Waals surface area contributed by atoms with Gasteiger partial charge in [-0.2, -0.15) is 0 Å². The average Bonchev–Trinajstić information content (AvgIpc) is 2.80. The number of amides is 3. The van der Waals surface area contributed by atoms with Gasteiger partial charge in [-0.15, -0.1) is 0 Å². The Hall–Kier alpha value is -3.71. The molecule has 0 saturated carbocycles. The number of carbonyl (C=O) groups is 4. The van der Waals surface area contributed by atoms with E-state index in [1.54, 1.807) is 30.3 Å². The molecule has 0 bridgehead atoms. The first-order chi connectivity index (χ1) is 16.0. The normalized spacial score (nSPS) is 14.1. The van der Waals surface area contributed by atoms with Gasteiger partial charge in [0.25, 0.3) is 0 Å². The zero-order chi connectivity index (χ0) is 25.7. The zero-order valence-corrected chi connectivity index (χ0v) is 18.9. The van der Waals surface area contributed by atoms with Crippen molar-refractivity contribution in [3.63, 3.8) is 0 Å². The van der Waals surface area contributed by atoms with Crippen LogP contribution in [0, 0.1) is 0 Å². The predicted molar refractivity (Wildman–Crippen MR) is 124 cm³/mol. The third kappa shape index (κ3) is 10.3. The van der Waals surface area contributed by atoms with Crippen molar-refractivity contribution in [2.24, 2.45) is 22.2 Å². The fourth-order valence-electron chi connectivity index (χ4n) is 2.84. The number of rotatable bonds is 14. The van der Waals surface area contributed by atoms with Crippen LogP contribution in [0.1, 0.15) is 25.3 Å². The summed E-state index contributed by atoms with van der Waals surface area (Å²) in [6.45, 7) is 0.855. The number of benzene rings is 1. The van der Waals surface area contributed by atoms with Crippen molar-refractivity contribution in [3.05, 3.63) is 35.9 Å². The van der Waals surface area contributed by atoms with E-state index in [0.29, 0.717) is 6.42 Å². The summed E-state index contributed by atoms with van der Waals surface area (Å²) in [5.41, 5.74) is 16.9. The van der Waals surface area contributed by atoms with Gasteiger partial charge >= 0.3 is 5.97 Å². The van der Waals surface area contributed by atoms with E-state index in [0.717, 1.165) is 5.56 Å². The van der Waals surface area contributed by atoms with E-state index in [2.05, 4.69) is 20.9 Å². The molecular weight excluding hydrogens is 446 g/mol. The maximum atomic E-state index is 13.1. The summed E-state index contributed by atoms with van der Waals surface area (Å²) in [5.74, 6) is -3.52. The molecule has 1 aromatic carbocycles. The molecule has 13 nitrogen and oxygen atoms in total. The van der Waals surface area contributed by atoms with Crippen molar-refractivity contribution in [1.29, 1.82) is 0 Å². The van der Waals surface area contributed by atoms with Crippen LogP contribution in [0.5, 0.6) is 0 Å². The van der Waals surface area contributed by atoms with Crippen LogP contribution in [0.2, 0.25) is 0 Å². The van der Waals surface area contributed by atoms with Gasteiger partial charge in [-0.1, -0.05) is 30.3 Å². The van der Waals surface area contributed by atoms with Crippen molar-refractivity contribution in [2.45, 2.75) is 50.4 Å². The van der Waals surface area contributed by atoms with Crippen LogP contribution in [0.15, 0.2) is 35.3 Å². The van der Waals surface area contributed by atoms with E-state index >= 15 is 0 Å². The van der Waals surface area contributed by atoms with Crippen molar-refractivity contribution in [2.75, 3.05) is 13.2 Å². The smallest absolute Gasteiger partial charge is 0.325 e. The molecule has 13 heteroatoms. The van der Waals surface area contributed by atoms with E-state index in [1.807, 2.05) is 0 Å². The lowest BCUT2D eigenvalue weighted by Crippen LogP contribution is -2.57. The van der Waals surface area contributed by atoms with Gasteiger partial charge in [0.05, 0.1) is 6.61 Å². The number of aliphatic hydroxyl groups is 1. The summed E-state index contributed by atoms with van der Waals surface area (Å²) >= 11 is 0. The van der Waals surface area contributed by atoms with Gasteiger partial charge in [-0.3, -0.25) is 24.2 Å². The maximum Gasteiger partial charge on any atom is 0.325 e. The second-order valence-electron chi connectivity index (χ2n) is 7.62. The molecule has 11 N–H and O–H groups in total. The lowest BCUT2D eigenvalue weighted by molar-refractivity contribution is -0.141. The first-order valence-corrected chi connectivity index (χ1v) is 10.6. The third-order valence-corrected chi connectivity index (χ3v) is 4.76. The number of guanidine groups is 1. The van der Waals surface area contributed by atoms with Crippen LogP contribution in [0.4, 0.5) is 0 Å². The molecule has 0 aromatic heterocycles. The highest BCUT2D eigenvalue weighted by Crippen LogP contribution is 2.06. The number of carboxylic acids is 1. The molecule has 34 heavy (non-hydrogen) atoms. The van der Waals surface area contributed by atoms with Crippen molar-refractivity contribution in [3.8, 4) is 0 Å². The molecule has 4 atom stereocenters. The van der Waals surface area contributed by atoms with Crippen LogP contribution in [0.25, 0.3) is 0 Å². The Bertz CT molecular complexity index is 860. The monoisotopic (exact) mass is 479 g/mol. The van der Waals surface area contributed by atoms with E-state index < -0.39 is 54.5 Å². The molecule has 0 aliphatic heterocycles. The SMILES string of the molecule is CC(NC(=O)C(CCCN=C(N)N)NC(=O)C(Cc1ccccc1)NC(=O)C(N)CO)C(=O)O. The molecule has 3 amide bonds. The van der Waals surface area contributed by atoms with Gasteiger partial charge in [0.2, 0.25) is 17.7 Å². The Labute approximate surface area is 197 Å². The van der Waals surface area contributed by atoms with Gasteiger partial charge in [0.15, 0.2) is 5.96 Å². The Morgan fingerprint density at radius 3 is 2.12 bits per heavy atom. The number of nitrogens with zero attached hydrogens (tertiary/aromatic N) is 1. The summed E-state index contributed by atoms with van der Waals surface area (Å²) < 4.78 is 0. The minimum atomic E-state index is -1.24. The Kier molecular flexibility index (Phi) is 12.0. The number of carbonyl (C=O) groups excluding carboxylic acids is 3. The number of hydrogen-bond donors (Lipinski definition) is 8. The molecule has 0 aliphatic rings. The van der Waals surface area contributed by atoms with Gasteiger partial charge in [-0.25, -0.2) is 0 Å². The summed E-state index contributed by atoms with van der Waals surface area (Å²) in [6.07, 6.45) is 0.496. The number of aliphatic imine (C=N–C) groups is 1. The number of aliphatic carboxylic acids is 1. The lowest BCUT2D eigenvalue weighted by atomic mass is 10.0. The number of carboxylic acid groups (broad SMARTS) is 1. The molecule has 0 saturated heterocycles. The first kappa shape index (κ1) is 28.3. The molecule has 1 aromatic rings. The highest BCUT2D eigenvalue weighted by molar-refractivity contribution is 5.94. The minimum absolute atomic E-state index is 0.0877. The van der Waals surface area contributed by atoms with E-state index in [9.17, 15) is 19.2 Å². The summed E-state index contributed by atoms with van der Waals surface area (Å²) in [5, 5.41) is 25.6.